The zero-order valence-corrected chi connectivity index (χ0v) is 15.5. The maximum Gasteiger partial charge on any atom is 0.321 e. The van der Waals surface area contributed by atoms with E-state index < -0.39 is 16.0 Å². The normalized spacial score (nSPS) is 11.3. The number of ether oxygens (including phenoxy) is 1. The number of hydrogen-bond donors (Lipinski definition) is 0. The van der Waals surface area contributed by atoms with Crippen LogP contribution in [0.2, 0.25) is 0 Å². The van der Waals surface area contributed by atoms with Gasteiger partial charge in [0.25, 0.3) is 0 Å². The lowest BCUT2D eigenvalue weighted by Crippen LogP contribution is -2.33. The van der Waals surface area contributed by atoms with Crippen LogP contribution in [0.25, 0.3) is 0 Å². The van der Waals surface area contributed by atoms with Gasteiger partial charge >= 0.3 is 5.97 Å². The molecule has 0 radical (unpaired) electrons. The predicted octanol–water partition coefficient (Wildman–Crippen LogP) is 2.30. The number of rotatable bonds is 8. The van der Waals surface area contributed by atoms with Crippen molar-refractivity contribution in [1.29, 1.82) is 0 Å². The summed E-state index contributed by atoms with van der Waals surface area (Å²) in [6, 6.07) is 15.1. The third-order valence-corrected chi connectivity index (χ3v) is 5.64. The van der Waals surface area contributed by atoms with Crippen molar-refractivity contribution >= 4 is 21.8 Å². The fourth-order valence-corrected chi connectivity index (χ4v) is 3.40. The highest BCUT2D eigenvalue weighted by Gasteiger charge is 2.23. The summed E-state index contributed by atoms with van der Waals surface area (Å²) < 4.78 is 31.0. The molecule has 0 saturated heterocycles. The number of carbonyl (C=O) groups is 2. The Morgan fingerprint density at radius 2 is 1.62 bits per heavy atom. The maximum atomic E-state index is 12.5. The van der Waals surface area contributed by atoms with Crippen LogP contribution in [0.5, 0.6) is 0 Å². The lowest BCUT2D eigenvalue weighted by Gasteiger charge is -2.16. The van der Waals surface area contributed by atoms with E-state index >= 15 is 0 Å². The van der Waals surface area contributed by atoms with Crippen LogP contribution in [-0.2, 0) is 26.0 Å². The molecular formula is C19H21NO5S. The average molecular weight is 375 g/mol. The maximum absolute atomic E-state index is 12.5. The number of ketones is 1. The molecule has 0 spiro atoms. The highest BCUT2D eigenvalue weighted by Crippen LogP contribution is 2.15. The van der Waals surface area contributed by atoms with Crippen molar-refractivity contribution < 1.29 is 22.7 Å². The van der Waals surface area contributed by atoms with E-state index in [1.165, 1.54) is 38.2 Å². The third-order valence-electron chi connectivity index (χ3n) is 3.82. The Hall–Kier alpha value is -2.51. The number of benzene rings is 2. The highest BCUT2D eigenvalue weighted by molar-refractivity contribution is 7.89. The molecule has 2 aromatic carbocycles. The van der Waals surface area contributed by atoms with Crippen molar-refractivity contribution in [3.63, 3.8) is 0 Å². The van der Waals surface area contributed by atoms with Gasteiger partial charge in [0.05, 0.1) is 11.5 Å². The Morgan fingerprint density at radius 1 is 1.00 bits per heavy atom. The van der Waals surface area contributed by atoms with Crippen LogP contribution in [-0.4, -0.2) is 44.7 Å². The van der Waals surface area contributed by atoms with Crippen LogP contribution in [0.3, 0.4) is 0 Å². The van der Waals surface area contributed by atoms with Gasteiger partial charge in [-0.3, -0.25) is 9.59 Å². The quantitative estimate of drug-likeness (QED) is 0.522. The minimum Gasteiger partial charge on any atom is -0.464 e. The molecule has 0 atom stereocenters. The monoisotopic (exact) mass is 375 g/mol. The van der Waals surface area contributed by atoms with E-state index in [-0.39, 0.29) is 23.8 Å². The fourth-order valence-electron chi connectivity index (χ4n) is 2.28. The SMILES string of the molecule is CC(=O)c1ccc(S(=O)(=O)N(C)CC(=O)OCCc2ccccc2)cc1. The Bertz CT molecular complexity index is 861. The molecule has 2 aromatic rings. The molecule has 0 heterocycles. The van der Waals surface area contributed by atoms with Crippen molar-refractivity contribution in [2.75, 3.05) is 20.2 Å². The molecule has 0 aliphatic carbocycles. The summed E-state index contributed by atoms with van der Waals surface area (Å²) in [4.78, 5) is 23.2. The van der Waals surface area contributed by atoms with Crippen molar-refractivity contribution in [2.45, 2.75) is 18.2 Å². The Labute approximate surface area is 153 Å². The average Bonchev–Trinajstić information content (AvgIpc) is 2.62. The molecule has 7 heteroatoms. The van der Waals surface area contributed by atoms with Crippen molar-refractivity contribution in [1.82, 2.24) is 4.31 Å². The summed E-state index contributed by atoms with van der Waals surface area (Å²) in [5, 5.41) is 0. The molecule has 0 aliphatic rings. The Kier molecular flexibility index (Phi) is 6.65. The largest absolute Gasteiger partial charge is 0.464 e. The van der Waals surface area contributed by atoms with Crippen LogP contribution >= 0.6 is 0 Å². The van der Waals surface area contributed by atoms with Gasteiger partial charge in [0.2, 0.25) is 10.0 Å². The second-order valence-electron chi connectivity index (χ2n) is 5.80. The lowest BCUT2D eigenvalue weighted by molar-refractivity contribution is -0.143. The molecule has 0 bridgehead atoms. The number of likely N-dealkylation sites (N-methyl/N-ethyl adjacent to an activating group) is 1. The van der Waals surface area contributed by atoms with Gasteiger partial charge < -0.3 is 4.74 Å². The van der Waals surface area contributed by atoms with Crippen LogP contribution in [0.1, 0.15) is 22.8 Å². The van der Waals surface area contributed by atoms with Crippen molar-refractivity contribution in [3.8, 4) is 0 Å². The van der Waals surface area contributed by atoms with Crippen molar-refractivity contribution in [3.05, 3.63) is 65.7 Å². The van der Waals surface area contributed by atoms with Gasteiger partial charge in [-0.25, -0.2) is 8.42 Å². The van der Waals surface area contributed by atoms with Gasteiger partial charge in [-0.15, -0.1) is 0 Å². The second-order valence-corrected chi connectivity index (χ2v) is 7.84. The van der Waals surface area contributed by atoms with Crippen molar-refractivity contribution in [2.24, 2.45) is 0 Å². The molecule has 0 aromatic heterocycles. The van der Waals surface area contributed by atoms with Crippen LogP contribution in [0.15, 0.2) is 59.5 Å². The topological polar surface area (TPSA) is 80.8 Å². The van der Waals surface area contributed by atoms with Crippen LogP contribution < -0.4 is 0 Å². The predicted molar refractivity (Wildman–Crippen MR) is 97.4 cm³/mol. The lowest BCUT2D eigenvalue weighted by atomic mass is 10.2. The van der Waals surface area contributed by atoms with Gasteiger partial charge in [0.1, 0.15) is 6.54 Å². The summed E-state index contributed by atoms with van der Waals surface area (Å²) in [6.07, 6.45) is 0.565. The molecule has 0 N–H and O–H groups in total. The van der Waals surface area contributed by atoms with E-state index in [4.69, 9.17) is 4.74 Å². The first kappa shape index (κ1) is 19.8. The third kappa shape index (κ3) is 5.24. The van der Waals surface area contributed by atoms with Crippen LogP contribution in [0.4, 0.5) is 0 Å². The highest BCUT2D eigenvalue weighted by atomic mass is 32.2. The second kappa shape index (κ2) is 8.73. The Balaban J connectivity index is 1.91. The standard InChI is InChI=1S/C19H21NO5S/c1-15(21)17-8-10-18(11-9-17)26(23,24)20(2)14-19(22)25-13-12-16-6-4-3-5-7-16/h3-11H,12-14H2,1-2H3. The zero-order valence-electron chi connectivity index (χ0n) is 14.7. The summed E-state index contributed by atoms with van der Waals surface area (Å²) in [6.45, 7) is 1.21. The molecule has 0 saturated carbocycles. The van der Waals surface area contributed by atoms with E-state index in [1.54, 1.807) is 0 Å². The number of sulfonamides is 1. The first-order valence-corrected chi connectivity index (χ1v) is 9.51. The number of carbonyl (C=O) groups excluding carboxylic acids is 2. The first-order chi connectivity index (χ1) is 12.3. The number of nitrogens with zero attached hydrogens (tertiary/aromatic N) is 1. The van der Waals surface area contributed by atoms with E-state index in [9.17, 15) is 18.0 Å². The summed E-state index contributed by atoms with van der Waals surface area (Å²) >= 11 is 0. The first-order valence-electron chi connectivity index (χ1n) is 8.07. The molecule has 2 rings (SSSR count). The Morgan fingerprint density at radius 3 is 2.19 bits per heavy atom. The van der Waals surface area contributed by atoms with E-state index in [0.717, 1.165) is 9.87 Å². The molecule has 26 heavy (non-hydrogen) atoms. The summed E-state index contributed by atoms with van der Waals surface area (Å²) in [5.74, 6) is -0.767. The fraction of sp³-hybridized carbons (Fsp3) is 0.263. The minimum absolute atomic E-state index is 0.0158. The van der Waals surface area contributed by atoms with Gasteiger partial charge in [-0.1, -0.05) is 42.5 Å². The molecule has 6 nitrogen and oxygen atoms in total. The molecule has 0 aliphatic heterocycles. The molecule has 138 valence electrons. The van der Waals surface area contributed by atoms with Gasteiger partial charge in [0.15, 0.2) is 5.78 Å². The van der Waals surface area contributed by atoms with Gasteiger partial charge in [-0.2, -0.15) is 4.31 Å². The van der Waals surface area contributed by atoms with E-state index in [2.05, 4.69) is 0 Å². The molecule has 0 unspecified atom stereocenters. The van der Waals surface area contributed by atoms with Gasteiger partial charge in [0, 0.05) is 19.0 Å². The smallest absolute Gasteiger partial charge is 0.321 e. The molecular weight excluding hydrogens is 354 g/mol. The van der Waals surface area contributed by atoms with E-state index in [0.29, 0.717) is 12.0 Å². The molecule has 0 amide bonds. The van der Waals surface area contributed by atoms with E-state index in [1.807, 2.05) is 30.3 Å². The summed E-state index contributed by atoms with van der Waals surface area (Å²) in [5.41, 5.74) is 1.46. The number of hydrogen-bond acceptors (Lipinski definition) is 5. The number of Topliss-reactive ketones (excluding diaryl/α,β-unsaturated/α-hetero) is 1. The number of esters is 1. The minimum atomic E-state index is -3.83. The zero-order chi connectivity index (χ0) is 19.2. The van der Waals surface area contributed by atoms with Crippen LogP contribution in [0, 0.1) is 0 Å². The van der Waals surface area contributed by atoms with Gasteiger partial charge in [-0.05, 0) is 24.6 Å². The molecule has 0 fully saturated rings. The summed E-state index contributed by atoms with van der Waals surface area (Å²) in [7, 11) is -2.52.